The Bertz CT molecular complexity index is 540. The van der Waals surface area contributed by atoms with E-state index >= 15 is 0 Å². The summed E-state index contributed by atoms with van der Waals surface area (Å²) < 4.78 is 13.2. The van der Waals surface area contributed by atoms with E-state index in [4.69, 9.17) is 11.6 Å². The average molecular weight is 264 g/mol. The Balaban J connectivity index is 1.92. The van der Waals surface area contributed by atoms with Crippen LogP contribution in [0.5, 0.6) is 0 Å². The number of halogens is 2. The first-order valence-corrected chi connectivity index (χ1v) is 6.24. The lowest BCUT2D eigenvalue weighted by molar-refractivity contribution is 0.620. The van der Waals surface area contributed by atoms with Crippen molar-refractivity contribution in [3.63, 3.8) is 0 Å². The predicted octanol–water partition coefficient (Wildman–Crippen LogP) is 4.08. The van der Waals surface area contributed by atoms with E-state index in [1.165, 1.54) is 17.2 Å². The Morgan fingerprint density at radius 2 is 1.89 bits per heavy atom. The van der Waals surface area contributed by atoms with Gasteiger partial charge in [-0.25, -0.2) is 4.39 Å². The second-order valence-electron chi connectivity index (χ2n) is 4.28. The Kier molecular flexibility index (Phi) is 4.34. The average Bonchev–Trinajstić information content (AvgIpc) is 2.36. The SMILES string of the molecule is Cc1ccccc1CNCc1ccc(Cl)c(F)c1. The Morgan fingerprint density at radius 1 is 1.11 bits per heavy atom. The monoisotopic (exact) mass is 263 g/mol. The van der Waals surface area contributed by atoms with Gasteiger partial charge < -0.3 is 5.32 Å². The Hall–Kier alpha value is -1.38. The number of benzene rings is 2. The summed E-state index contributed by atoms with van der Waals surface area (Å²) in [5, 5.41) is 3.46. The van der Waals surface area contributed by atoms with Crippen molar-refractivity contribution in [1.29, 1.82) is 0 Å². The summed E-state index contributed by atoms with van der Waals surface area (Å²) in [6.45, 7) is 3.48. The molecule has 2 rings (SSSR count). The molecule has 0 radical (unpaired) electrons. The van der Waals surface area contributed by atoms with Crippen LogP contribution in [0.15, 0.2) is 42.5 Å². The number of nitrogens with one attached hydrogen (secondary N) is 1. The van der Waals surface area contributed by atoms with Gasteiger partial charge in [-0.05, 0) is 35.7 Å². The van der Waals surface area contributed by atoms with Crippen LogP contribution >= 0.6 is 11.6 Å². The van der Waals surface area contributed by atoms with E-state index in [0.717, 1.165) is 12.1 Å². The van der Waals surface area contributed by atoms with Crippen LogP contribution in [0.4, 0.5) is 4.39 Å². The fraction of sp³-hybridized carbons (Fsp3) is 0.200. The minimum absolute atomic E-state index is 0.164. The first-order valence-electron chi connectivity index (χ1n) is 5.86. The predicted molar refractivity (Wildman–Crippen MR) is 73.1 cm³/mol. The van der Waals surface area contributed by atoms with E-state index in [-0.39, 0.29) is 10.8 Å². The van der Waals surface area contributed by atoms with Crippen LogP contribution in [-0.2, 0) is 13.1 Å². The van der Waals surface area contributed by atoms with Crippen molar-refractivity contribution in [2.75, 3.05) is 0 Å². The van der Waals surface area contributed by atoms with Crippen molar-refractivity contribution < 1.29 is 4.39 Å². The zero-order chi connectivity index (χ0) is 13.0. The lowest BCUT2D eigenvalue weighted by Gasteiger charge is -2.08. The lowest BCUT2D eigenvalue weighted by Crippen LogP contribution is -2.13. The molecular formula is C15H15ClFN. The van der Waals surface area contributed by atoms with E-state index in [1.54, 1.807) is 6.07 Å². The van der Waals surface area contributed by atoms with Crippen LogP contribution < -0.4 is 5.32 Å². The lowest BCUT2D eigenvalue weighted by atomic mass is 10.1. The molecule has 0 aliphatic rings. The van der Waals surface area contributed by atoms with E-state index in [0.29, 0.717) is 6.54 Å². The fourth-order valence-corrected chi connectivity index (χ4v) is 1.92. The van der Waals surface area contributed by atoms with Crippen LogP contribution in [-0.4, -0.2) is 0 Å². The van der Waals surface area contributed by atoms with Crippen LogP contribution in [0.25, 0.3) is 0 Å². The second-order valence-corrected chi connectivity index (χ2v) is 4.69. The number of aryl methyl sites for hydroxylation is 1. The normalized spacial score (nSPS) is 10.6. The van der Waals surface area contributed by atoms with E-state index in [9.17, 15) is 4.39 Å². The number of hydrogen-bond acceptors (Lipinski definition) is 1. The van der Waals surface area contributed by atoms with Gasteiger partial charge in [-0.2, -0.15) is 0 Å². The quantitative estimate of drug-likeness (QED) is 0.877. The molecule has 2 aromatic rings. The molecule has 0 saturated heterocycles. The van der Waals surface area contributed by atoms with Crippen LogP contribution in [0.3, 0.4) is 0 Å². The van der Waals surface area contributed by atoms with Crippen LogP contribution in [0.1, 0.15) is 16.7 Å². The Labute approximate surface area is 112 Å². The van der Waals surface area contributed by atoms with Gasteiger partial charge in [0.2, 0.25) is 0 Å². The zero-order valence-electron chi connectivity index (χ0n) is 10.2. The van der Waals surface area contributed by atoms with Gasteiger partial charge in [-0.15, -0.1) is 0 Å². The van der Waals surface area contributed by atoms with E-state index in [1.807, 2.05) is 18.2 Å². The molecule has 2 aromatic carbocycles. The zero-order valence-corrected chi connectivity index (χ0v) is 11.0. The molecule has 3 heteroatoms. The minimum atomic E-state index is -0.369. The maximum Gasteiger partial charge on any atom is 0.142 e. The second kappa shape index (κ2) is 5.98. The molecule has 0 saturated carbocycles. The molecular weight excluding hydrogens is 249 g/mol. The summed E-state index contributed by atoms with van der Waals surface area (Å²) in [7, 11) is 0. The molecule has 0 fully saturated rings. The molecule has 0 aliphatic carbocycles. The summed E-state index contributed by atoms with van der Waals surface area (Å²) in [5.74, 6) is -0.369. The highest BCUT2D eigenvalue weighted by Gasteiger charge is 2.01. The third kappa shape index (κ3) is 3.31. The van der Waals surface area contributed by atoms with Gasteiger partial charge in [0.1, 0.15) is 5.82 Å². The van der Waals surface area contributed by atoms with E-state index < -0.39 is 0 Å². The van der Waals surface area contributed by atoms with Gasteiger partial charge >= 0.3 is 0 Å². The van der Waals surface area contributed by atoms with Crippen molar-refractivity contribution in [3.05, 3.63) is 70.0 Å². The van der Waals surface area contributed by atoms with E-state index in [2.05, 4.69) is 24.4 Å². The molecule has 0 aromatic heterocycles. The maximum atomic E-state index is 13.2. The van der Waals surface area contributed by atoms with Crippen molar-refractivity contribution in [2.24, 2.45) is 0 Å². The molecule has 0 unspecified atom stereocenters. The van der Waals surface area contributed by atoms with Gasteiger partial charge in [0.05, 0.1) is 5.02 Å². The molecule has 0 spiro atoms. The summed E-state index contributed by atoms with van der Waals surface area (Å²) in [5.41, 5.74) is 3.41. The molecule has 1 N–H and O–H groups in total. The largest absolute Gasteiger partial charge is 0.309 e. The molecule has 0 aliphatic heterocycles. The van der Waals surface area contributed by atoms with Crippen LogP contribution in [0.2, 0.25) is 5.02 Å². The molecule has 1 nitrogen and oxygen atoms in total. The molecule has 0 bridgehead atoms. The fourth-order valence-electron chi connectivity index (χ4n) is 1.80. The standard InChI is InChI=1S/C15H15ClFN/c1-11-4-2-3-5-13(11)10-18-9-12-6-7-14(16)15(17)8-12/h2-8,18H,9-10H2,1H3. The molecule has 0 heterocycles. The summed E-state index contributed by atoms with van der Waals surface area (Å²) in [6, 6.07) is 13.1. The molecule has 18 heavy (non-hydrogen) atoms. The number of hydrogen-bond donors (Lipinski definition) is 1. The smallest absolute Gasteiger partial charge is 0.142 e. The highest BCUT2D eigenvalue weighted by molar-refractivity contribution is 6.30. The summed E-state index contributed by atoms with van der Waals surface area (Å²) in [4.78, 5) is 0. The van der Waals surface area contributed by atoms with Crippen molar-refractivity contribution in [1.82, 2.24) is 5.32 Å². The number of rotatable bonds is 4. The first-order chi connectivity index (χ1) is 8.66. The van der Waals surface area contributed by atoms with Gasteiger partial charge in [0.15, 0.2) is 0 Å². The van der Waals surface area contributed by atoms with Gasteiger partial charge in [-0.1, -0.05) is 41.9 Å². The Morgan fingerprint density at radius 3 is 2.61 bits per heavy atom. The van der Waals surface area contributed by atoms with Crippen molar-refractivity contribution in [2.45, 2.75) is 20.0 Å². The molecule has 0 atom stereocenters. The summed E-state index contributed by atoms with van der Waals surface area (Å²) in [6.07, 6.45) is 0. The van der Waals surface area contributed by atoms with Gasteiger partial charge in [-0.3, -0.25) is 0 Å². The van der Waals surface area contributed by atoms with Gasteiger partial charge in [0, 0.05) is 13.1 Å². The highest BCUT2D eigenvalue weighted by Crippen LogP contribution is 2.15. The van der Waals surface area contributed by atoms with Crippen molar-refractivity contribution >= 4 is 11.6 Å². The highest BCUT2D eigenvalue weighted by atomic mass is 35.5. The third-order valence-electron chi connectivity index (χ3n) is 2.89. The molecule has 0 amide bonds. The minimum Gasteiger partial charge on any atom is -0.309 e. The van der Waals surface area contributed by atoms with Gasteiger partial charge in [0.25, 0.3) is 0 Å². The maximum absolute atomic E-state index is 13.2. The van der Waals surface area contributed by atoms with Crippen LogP contribution in [0, 0.1) is 12.7 Å². The van der Waals surface area contributed by atoms with Crippen molar-refractivity contribution in [3.8, 4) is 0 Å². The summed E-state index contributed by atoms with van der Waals surface area (Å²) >= 11 is 5.64. The topological polar surface area (TPSA) is 12.0 Å². The first kappa shape index (κ1) is 13.1. The molecule has 94 valence electrons. The third-order valence-corrected chi connectivity index (χ3v) is 3.20.